The minimum Gasteiger partial charge on any atom is -0.352 e. The number of carbonyl (C=O) groups excluding carboxylic acids is 1. The molecule has 120 valence electrons. The quantitative estimate of drug-likeness (QED) is 0.803. The van der Waals surface area contributed by atoms with E-state index in [1.165, 1.54) is 16.7 Å². The van der Waals surface area contributed by atoms with Gasteiger partial charge in [-0.1, -0.05) is 6.92 Å². The monoisotopic (exact) mass is 315 g/mol. The van der Waals surface area contributed by atoms with E-state index in [-0.39, 0.29) is 24.1 Å². The van der Waals surface area contributed by atoms with Crippen LogP contribution in [0.3, 0.4) is 0 Å². The first-order chi connectivity index (χ1) is 11.0. The molecule has 1 amide bonds. The lowest BCUT2D eigenvalue weighted by Gasteiger charge is -2.15. The maximum atomic E-state index is 13.7. The minimum atomic E-state index is -0.445. The zero-order valence-electron chi connectivity index (χ0n) is 13.0. The second-order valence-corrected chi connectivity index (χ2v) is 5.66. The van der Waals surface area contributed by atoms with Crippen molar-refractivity contribution in [3.63, 3.8) is 0 Å². The summed E-state index contributed by atoms with van der Waals surface area (Å²) in [7, 11) is 0. The Morgan fingerprint density at radius 2 is 2.04 bits per heavy atom. The molecule has 1 N–H and O–H groups in total. The molecule has 0 bridgehead atoms. The first-order valence-electron chi connectivity index (χ1n) is 7.59. The standard InChI is InChI=1S/C17H18FN3O2/c1-3-11(2)19-16(22)10-21-15-9-12(18)6-7-13(15)20-8-4-5-14(20)17(21)23/h4-9,11H,3,10H2,1-2H3,(H,19,22)/t11-/m0/s1. The van der Waals surface area contributed by atoms with E-state index < -0.39 is 5.82 Å². The molecule has 1 atom stereocenters. The molecule has 0 radical (unpaired) electrons. The summed E-state index contributed by atoms with van der Waals surface area (Å²) >= 11 is 0. The summed E-state index contributed by atoms with van der Waals surface area (Å²) in [4.78, 5) is 24.8. The van der Waals surface area contributed by atoms with Crippen molar-refractivity contribution in [1.82, 2.24) is 14.3 Å². The van der Waals surface area contributed by atoms with E-state index in [1.54, 1.807) is 28.8 Å². The number of hydrogen-bond donors (Lipinski definition) is 1. The van der Waals surface area contributed by atoms with Gasteiger partial charge in [0.25, 0.3) is 5.56 Å². The van der Waals surface area contributed by atoms with Gasteiger partial charge in [0.05, 0.1) is 11.0 Å². The highest BCUT2D eigenvalue weighted by Gasteiger charge is 2.14. The summed E-state index contributed by atoms with van der Waals surface area (Å²) < 4.78 is 16.7. The molecular formula is C17H18FN3O2. The van der Waals surface area contributed by atoms with Gasteiger partial charge >= 0.3 is 0 Å². The van der Waals surface area contributed by atoms with Crippen LogP contribution in [0.5, 0.6) is 0 Å². The van der Waals surface area contributed by atoms with Crippen molar-refractivity contribution in [2.24, 2.45) is 0 Å². The number of hydrogen-bond acceptors (Lipinski definition) is 2. The molecular weight excluding hydrogens is 297 g/mol. The zero-order valence-corrected chi connectivity index (χ0v) is 13.0. The average Bonchev–Trinajstić information content (AvgIpc) is 3.01. The normalized spacial score (nSPS) is 12.7. The van der Waals surface area contributed by atoms with Crippen molar-refractivity contribution in [3.05, 3.63) is 52.7 Å². The highest BCUT2D eigenvalue weighted by Crippen LogP contribution is 2.16. The number of amides is 1. The number of benzene rings is 1. The van der Waals surface area contributed by atoms with Gasteiger partial charge in [0, 0.05) is 12.2 Å². The van der Waals surface area contributed by atoms with Crippen LogP contribution in [0.2, 0.25) is 0 Å². The highest BCUT2D eigenvalue weighted by atomic mass is 19.1. The lowest BCUT2D eigenvalue weighted by molar-refractivity contribution is -0.122. The van der Waals surface area contributed by atoms with Crippen molar-refractivity contribution in [2.45, 2.75) is 32.9 Å². The molecule has 0 saturated carbocycles. The molecule has 0 aliphatic rings. The molecule has 1 aromatic carbocycles. The third kappa shape index (κ3) is 2.72. The summed E-state index contributed by atoms with van der Waals surface area (Å²) in [5.74, 6) is -0.706. The Hall–Kier alpha value is -2.63. The first-order valence-corrected chi connectivity index (χ1v) is 7.59. The molecule has 0 fully saturated rings. The van der Waals surface area contributed by atoms with Crippen LogP contribution < -0.4 is 10.9 Å². The van der Waals surface area contributed by atoms with Crippen molar-refractivity contribution < 1.29 is 9.18 Å². The summed E-state index contributed by atoms with van der Waals surface area (Å²) in [6.45, 7) is 3.73. The van der Waals surface area contributed by atoms with Gasteiger partial charge in [-0.3, -0.25) is 14.2 Å². The topological polar surface area (TPSA) is 55.5 Å². The Kier molecular flexibility index (Phi) is 3.90. The van der Waals surface area contributed by atoms with Crippen LogP contribution >= 0.6 is 0 Å². The SMILES string of the molecule is CC[C@H](C)NC(=O)Cn1c(=O)c2cccn2c2ccc(F)cc21. The summed E-state index contributed by atoms with van der Waals surface area (Å²) in [6, 6.07) is 7.71. The molecule has 2 aromatic heterocycles. The van der Waals surface area contributed by atoms with Crippen LogP contribution in [0, 0.1) is 5.82 Å². The van der Waals surface area contributed by atoms with E-state index >= 15 is 0 Å². The average molecular weight is 315 g/mol. The number of aromatic nitrogens is 2. The van der Waals surface area contributed by atoms with Crippen molar-refractivity contribution in [3.8, 4) is 0 Å². The summed E-state index contributed by atoms with van der Waals surface area (Å²) in [5.41, 5.74) is 1.23. The predicted molar refractivity (Wildman–Crippen MR) is 87.0 cm³/mol. The van der Waals surface area contributed by atoms with Crippen LogP contribution in [0.1, 0.15) is 20.3 Å². The Labute approximate surface area is 132 Å². The lowest BCUT2D eigenvalue weighted by atomic mass is 10.2. The van der Waals surface area contributed by atoms with E-state index in [0.717, 1.165) is 6.42 Å². The first kappa shape index (κ1) is 15.3. The zero-order chi connectivity index (χ0) is 16.6. The third-order valence-corrected chi connectivity index (χ3v) is 4.02. The Bertz CT molecular complexity index is 942. The van der Waals surface area contributed by atoms with Crippen molar-refractivity contribution >= 4 is 22.5 Å². The molecule has 6 heteroatoms. The predicted octanol–water partition coefficient (Wildman–Crippen LogP) is 2.31. The smallest absolute Gasteiger partial charge is 0.275 e. The van der Waals surface area contributed by atoms with Crippen molar-refractivity contribution in [1.29, 1.82) is 0 Å². The Morgan fingerprint density at radius 3 is 2.78 bits per heavy atom. The second-order valence-electron chi connectivity index (χ2n) is 5.66. The molecule has 0 aliphatic heterocycles. The largest absolute Gasteiger partial charge is 0.352 e. The van der Waals surface area contributed by atoms with Gasteiger partial charge in [0.1, 0.15) is 17.9 Å². The minimum absolute atomic E-state index is 0.0261. The van der Waals surface area contributed by atoms with E-state index in [9.17, 15) is 14.0 Å². The summed E-state index contributed by atoms with van der Waals surface area (Å²) in [6.07, 6.45) is 2.55. The van der Waals surface area contributed by atoms with Gasteiger partial charge in [-0.05, 0) is 43.7 Å². The van der Waals surface area contributed by atoms with Gasteiger partial charge in [-0.2, -0.15) is 0 Å². The molecule has 0 aliphatic carbocycles. The van der Waals surface area contributed by atoms with Gasteiger partial charge in [-0.25, -0.2) is 4.39 Å². The van der Waals surface area contributed by atoms with Gasteiger partial charge in [-0.15, -0.1) is 0 Å². The fourth-order valence-electron chi connectivity index (χ4n) is 2.65. The number of fused-ring (bicyclic) bond motifs is 3. The van der Waals surface area contributed by atoms with Crippen LogP contribution in [0.4, 0.5) is 4.39 Å². The fraction of sp³-hybridized carbons (Fsp3) is 0.294. The van der Waals surface area contributed by atoms with E-state index in [0.29, 0.717) is 16.6 Å². The number of nitrogens with one attached hydrogen (secondary N) is 1. The summed E-state index contributed by atoms with van der Waals surface area (Å²) in [5, 5.41) is 2.83. The van der Waals surface area contributed by atoms with Gasteiger partial charge < -0.3 is 9.72 Å². The maximum Gasteiger partial charge on any atom is 0.275 e. The van der Waals surface area contributed by atoms with Gasteiger partial charge in [0.2, 0.25) is 5.91 Å². The Morgan fingerprint density at radius 1 is 1.26 bits per heavy atom. The molecule has 0 spiro atoms. The number of nitrogens with zero attached hydrogens (tertiary/aromatic N) is 2. The molecule has 0 saturated heterocycles. The molecule has 2 heterocycles. The molecule has 0 unspecified atom stereocenters. The molecule has 3 rings (SSSR count). The van der Waals surface area contributed by atoms with E-state index in [1.807, 2.05) is 13.8 Å². The third-order valence-electron chi connectivity index (χ3n) is 4.02. The van der Waals surface area contributed by atoms with E-state index in [2.05, 4.69) is 5.32 Å². The van der Waals surface area contributed by atoms with Crippen molar-refractivity contribution in [2.75, 3.05) is 0 Å². The van der Waals surface area contributed by atoms with Crippen LogP contribution in [0.15, 0.2) is 41.3 Å². The lowest BCUT2D eigenvalue weighted by Crippen LogP contribution is -2.37. The number of rotatable bonds is 4. The molecule has 3 aromatic rings. The second kappa shape index (κ2) is 5.87. The van der Waals surface area contributed by atoms with Crippen LogP contribution in [-0.2, 0) is 11.3 Å². The fourth-order valence-corrected chi connectivity index (χ4v) is 2.65. The number of halogens is 1. The van der Waals surface area contributed by atoms with Gasteiger partial charge in [0.15, 0.2) is 0 Å². The maximum absolute atomic E-state index is 13.7. The highest BCUT2D eigenvalue weighted by molar-refractivity contribution is 5.82. The van der Waals surface area contributed by atoms with E-state index in [4.69, 9.17) is 0 Å². The number of carbonyl (C=O) groups is 1. The Balaban J connectivity index is 2.17. The molecule has 5 nitrogen and oxygen atoms in total. The van der Waals surface area contributed by atoms with Crippen LogP contribution in [-0.4, -0.2) is 20.9 Å². The van der Waals surface area contributed by atoms with Crippen LogP contribution in [0.25, 0.3) is 16.6 Å². The molecule has 23 heavy (non-hydrogen) atoms.